The number of methoxy groups -OCH3 is 1. The van der Waals surface area contributed by atoms with E-state index in [0.717, 1.165) is 49.2 Å². The molecule has 8 heteroatoms. The minimum atomic E-state index is -0.199. The van der Waals surface area contributed by atoms with Crippen LogP contribution in [0, 0.1) is 5.92 Å². The van der Waals surface area contributed by atoms with Gasteiger partial charge in [0.25, 0.3) is 5.91 Å². The van der Waals surface area contributed by atoms with Gasteiger partial charge in [-0.1, -0.05) is 17.3 Å². The van der Waals surface area contributed by atoms with Crippen molar-refractivity contribution in [3.8, 4) is 11.5 Å². The number of amides is 1. The molecular weight excluding hydrogens is 358 g/mol. The summed E-state index contributed by atoms with van der Waals surface area (Å²) in [6.45, 7) is 1.07. The van der Waals surface area contributed by atoms with Crippen LogP contribution in [0.25, 0.3) is 0 Å². The van der Waals surface area contributed by atoms with Crippen LogP contribution in [-0.4, -0.2) is 47.2 Å². The van der Waals surface area contributed by atoms with Crippen LogP contribution in [0.3, 0.4) is 0 Å². The maximum Gasteiger partial charge on any atom is 0.273 e. The van der Waals surface area contributed by atoms with Gasteiger partial charge in [-0.3, -0.25) is 4.79 Å². The molecule has 1 amide bonds. The highest BCUT2D eigenvalue weighted by atomic mass is 16.5. The van der Waals surface area contributed by atoms with Gasteiger partial charge in [0.05, 0.1) is 26.0 Å². The number of carbonyl (C=O) groups excluding carboxylic acids is 1. The van der Waals surface area contributed by atoms with Crippen molar-refractivity contribution in [1.29, 1.82) is 0 Å². The highest BCUT2D eigenvalue weighted by Crippen LogP contribution is 2.35. The second kappa shape index (κ2) is 8.18. The Labute approximate surface area is 164 Å². The van der Waals surface area contributed by atoms with Crippen molar-refractivity contribution in [2.45, 2.75) is 44.2 Å². The standard InChI is InChI=1S/C20H27N5O3/c1-27-18-4-2-3-14-9-13(12-28-19(14)18)10-22-20(26)17-11-25(24-23-17)16-7-5-15(21)6-8-16/h2-4,11,13,15-16H,5-10,12,21H2,1H3,(H,22,26). The number of aromatic nitrogens is 3. The molecule has 0 bridgehead atoms. The molecule has 1 aromatic heterocycles. The Hall–Kier alpha value is -2.61. The lowest BCUT2D eigenvalue weighted by molar-refractivity contribution is 0.0933. The smallest absolute Gasteiger partial charge is 0.273 e. The first-order chi connectivity index (χ1) is 13.6. The number of hydrogen-bond acceptors (Lipinski definition) is 6. The maximum atomic E-state index is 12.5. The van der Waals surface area contributed by atoms with Crippen LogP contribution < -0.4 is 20.5 Å². The lowest BCUT2D eigenvalue weighted by Crippen LogP contribution is -2.35. The molecule has 1 saturated carbocycles. The zero-order valence-corrected chi connectivity index (χ0v) is 16.1. The van der Waals surface area contributed by atoms with E-state index < -0.39 is 0 Å². The number of rotatable bonds is 5. The largest absolute Gasteiger partial charge is 0.493 e. The van der Waals surface area contributed by atoms with E-state index in [-0.39, 0.29) is 23.9 Å². The normalized spacial score (nSPS) is 24.1. The van der Waals surface area contributed by atoms with Gasteiger partial charge in [-0.05, 0) is 43.7 Å². The Morgan fingerprint density at radius 2 is 2.18 bits per heavy atom. The molecular formula is C20H27N5O3. The van der Waals surface area contributed by atoms with Crippen LogP contribution in [0.2, 0.25) is 0 Å². The first-order valence-corrected chi connectivity index (χ1v) is 9.88. The van der Waals surface area contributed by atoms with E-state index in [9.17, 15) is 4.79 Å². The van der Waals surface area contributed by atoms with E-state index in [1.54, 1.807) is 13.3 Å². The van der Waals surface area contributed by atoms with Crippen LogP contribution in [0.15, 0.2) is 24.4 Å². The summed E-state index contributed by atoms with van der Waals surface area (Å²) in [6.07, 6.45) is 6.51. The van der Waals surface area contributed by atoms with E-state index in [2.05, 4.69) is 15.6 Å². The lowest BCUT2D eigenvalue weighted by Gasteiger charge is -2.26. The molecule has 1 unspecified atom stereocenters. The summed E-state index contributed by atoms with van der Waals surface area (Å²) in [5, 5.41) is 11.2. The second-order valence-electron chi connectivity index (χ2n) is 7.69. The van der Waals surface area contributed by atoms with Crippen LogP contribution in [0.4, 0.5) is 0 Å². The number of benzene rings is 1. The summed E-state index contributed by atoms with van der Waals surface area (Å²) in [4.78, 5) is 12.5. The van der Waals surface area contributed by atoms with Crippen LogP contribution in [0.1, 0.15) is 47.8 Å². The third-order valence-corrected chi connectivity index (χ3v) is 5.66. The fourth-order valence-corrected chi connectivity index (χ4v) is 4.00. The summed E-state index contributed by atoms with van der Waals surface area (Å²) in [5.41, 5.74) is 7.42. The Balaban J connectivity index is 1.31. The first kappa shape index (κ1) is 18.7. The zero-order chi connectivity index (χ0) is 19.5. The van der Waals surface area contributed by atoms with Gasteiger partial charge in [0.1, 0.15) is 0 Å². The molecule has 2 aromatic rings. The van der Waals surface area contributed by atoms with Crippen LogP contribution in [0.5, 0.6) is 11.5 Å². The van der Waals surface area contributed by atoms with Gasteiger partial charge in [0.15, 0.2) is 17.2 Å². The number of hydrogen-bond donors (Lipinski definition) is 2. The highest BCUT2D eigenvalue weighted by molar-refractivity contribution is 5.91. The molecule has 0 radical (unpaired) electrons. The van der Waals surface area contributed by atoms with E-state index >= 15 is 0 Å². The predicted octanol–water partition coefficient (Wildman–Crippen LogP) is 1.71. The SMILES string of the molecule is COc1cccc2c1OCC(CNC(=O)c1cn(C3CCC(N)CC3)nn1)C2. The molecule has 3 N–H and O–H groups in total. The Morgan fingerprint density at radius 1 is 1.36 bits per heavy atom. The zero-order valence-electron chi connectivity index (χ0n) is 16.1. The van der Waals surface area contributed by atoms with Gasteiger partial charge in [0.2, 0.25) is 0 Å². The third-order valence-electron chi connectivity index (χ3n) is 5.66. The number of nitrogens with zero attached hydrogens (tertiary/aromatic N) is 3. The molecule has 8 nitrogen and oxygen atoms in total. The molecule has 0 spiro atoms. The van der Waals surface area contributed by atoms with Gasteiger partial charge in [0, 0.05) is 18.5 Å². The Bertz CT molecular complexity index is 829. The van der Waals surface area contributed by atoms with Crippen molar-refractivity contribution in [3.05, 3.63) is 35.7 Å². The van der Waals surface area contributed by atoms with Gasteiger partial charge in [-0.15, -0.1) is 5.10 Å². The molecule has 1 aromatic carbocycles. The summed E-state index contributed by atoms with van der Waals surface area (Å²) < 4.78 is 13.0. The van der Waals surface area contributed by atoms with Gasteiger partial charge in [-0.25, -0.2) is 4.68 Å². The van der Waals surface area contributed by atoms with Crippen LogP contribution in [-0.2, 0) is 6.42 Å². The number of fused-ring (bicyclic) bond motifs is 1. The molecule has 4 rings (SSSR count). The summed E-state index contributed by atoms with van der Waals surface area (Å²) in [7, 11) is 1.64. The van der Waals surface area contributed by atoms with Gasteiger partial charge >= 0.3 is 0 Å². The van der Waals surface area contributed by atoms with Gasteiger partial charge < -0.3 is 20.5 Å². The molecule has 150 valence electrons. The topological polar surface area (TPSA) is 104 Å². The van der Waals surface area contributed by atoms with Crippen molar-refractivity contribution >= 4 is 5.91 Å². The number of carbonyl (C=O) groups is 1. The van der Waals surface area contributed by atoms with Crippen molar-refractivity contribution < 1.29 is 14.3 Å². The highest BCUT2D eigenvalue weighted by Gasteiger charge is 2.25. The summed E-state index contributed by atoms with van der Waals surface area (Å²) >= 11 is 0. The number of ether oxygens (including phenoxy) is 2. The molecule has 0 saturated heterocycles. The van der Waals surface area contributed by atoms with Crippen molar-refractivity contribution in [1.82, 2.24) is 20.3 Å². The monoisotopic (exact) mass is 385 g/mol. The second-order valence-corrected chi connectivity index (χ2v) is 7.69. The van der Waals surface area contributed by atoms with E-state index in [1.807, 2.05) is 22.9 Å². The predicted molar refractivity (Wildman–Crippen MR) is 104 cm³/mol. The maximum absolute atomic E-state index is 12.5. The minimum absolute atomic E-state index is 0.199. The summed E-state index contributed by atoms with van der Waals surface area (Å²) in [5.74, 6) is 1.57. The first-order valence-electron chi connectivity index (χ1n) is 9.88. The molecule has 2 aliphatic rings. The van der Waals surface area contributed by atoms with Crippen molar-refractivity contribution in [2.75, 3.05) is 20.3 Å². The van der Waals surface area contributed by atoms with E-state index in [4.69, 9.17) is 15.2 Å². The molecule has 1 aliphatic heterocycles. The minimum Gasteiger partial charge on any atom is -0.493 e. The molecule has 28 heavy (non-hydrogen) atoms. The molecule has 1 fully saturated rings. The van der Waals surface area contributed by atoms with Crippen molar-refractivity contribution in [2.24, 2.45) is 11.7 Å². The number of nitrogens with two attached hydrogens (primary N) is 1. The fraction of sp³-hybridized carbons (Fsp3) is 0.550. The fourth-order valence-electron chi connectivity index (χ4n) is 4.00. The quantitative estimate of drug-likeness (QED) is 0.812. The number of nitrogens with one attached hydrogen (secondary N) is 1. The molecule has 2 heterocycles. The van der Waals surface area contributed by atoms with Gasteiger partial charge in [-0.2, -0.15) is 0 Å². The van der Waals surface area contributed by atoms with Crippen LogP contribution >= 0.6 is 0 Å². The van der Waals surface area contributed by atoms with E-state index in [1.165, 1.54) is 0 Å². The molecule has 1 aliphatic carbocycles. The average Bonchev–Trinajstić information content (AvgIpc) is 3.22. The molecule has 1 atom stereocenters. The third kappa shape index (κ3) is 3.96. The Kier molecular flexibility index (Phi) is 5.47. The van der Waals surface area contributed by atoms with E-state index in [0.29, 0.717) is 18.8 Å². The number of para-hydroxylation sites is 1. The Morgan fingerprint density at radius 3 is 2.96 bits per heavy atom. The summed E-state index contributed by atoms with van der Waals surface area (Å²) in [6, 6.07) is 6.45. The average molecular weight is 385 g/mol. The van der Waals surface area contributed by atoms with Crippen molar-refractivity contribution in [3.63, 3.8) is 0 Å². The lowest BCUT2D eigenvalue weighted by atomic mass is 9.92.